The second kappa shape index (κ2) is 9.42. The van der Waals surface area contributed by atoms with E-state index >= 15 is 0 Å². The molecule has 1 atom stereocenters. The summed E-state index contributed by atoms with van der Waals surface area (Å²) in [4.78, 5) is 16.8. The topological polar surface area (TPSA) is 42.0 Å². The number of carbonyl (C=O) groups excluding carboxylic acids is 1. The minimum atomic E-state index is -0.242. The lowest BCUT2D eigenvalue weighted by atomic mass is 10.1. The maximum atomic E-state index is 12.5. The quantitative estimate of drug-likeness (QED) is 0.539. The summed E-state index contributed by atoms with van der Waals surface area (Å²) >= 11 is 15.3. The lowest BCUT2D eigenvalue weighted by Crippen LogP contribution is -2.30. The van der Waals surface area contributed by atoms with Crippen molar-refractivity contribution < 1.29 is 4.79 Å². The van der Waals surface area contributed by atoms with Crippen molar-refractivity contribution in [1.29, 1.82) is 0 Å². The van der Waals surface area contributed by atoms with Crippen molar-refractivity contribution in [2.75, 3.05) is 5.75 Å². The molecule has 0 spiro atoms. The van der Waals surface area contributed by atoms with Crippen molar-refractivity contribution in [1.82, 2.24) is 10.3 Å². The van der Waals surface area contributed by atoms with Crippen LogP contribution in [0.15, 0.2) is 60.1 Å². The highest BCUT2D eigenvalue weighted by Gasteiger charge is 2.19. The number of hydrogen-bond acceptors (Lipinski definition) is 4. The number of nitrogens with one attached hydrogen (secondary N) is 1. The van der Waals surface area contributed by atoms with E-state index in [9.17, 15) is 4.79 Å². The lowest BCUT2D eigenvalue weighted by molar-refractivity contribution is -0.119. The molecule has 134 valence electrons. The fourth-order valence-electron chi connectivity index (χ4n) is 2.43. The van der Waals surface area contributed by atoms with Gasteiger partial charge in [0.2, 0.25) is 5.91 Å². The summed E-state index contributed by atoms with van der Waals surface area (Å²) < 4.78 is 0. The van der Waals surface area contributed by atoms with Crippen LogP contribution in [0.3, 0.4) is 0 Å². The number of rotatable bonds is 7. The van der Waals surface area contributed by atoms with Crippen LogP contribution in [0.1, 0.15) is 22.2 Å². The van der Waals surface area contributed by atoms with Gasteiger partial charge in [-0.2, -0.15) is 0 Å². The fourth-order valence-corrected chi connectivity index (χ4v) is 4.72. The van der Waals surface area contributed by atoms with Gasteiger partial charge < -0.3 is 5.32 Å². The third kappa shape index (κ3) is 5.01. The highest BCUT2D eigenvalue weighted by atomic mass is 35.5. The van der Waals surface area contributed by atoms with Crippen LogP contribution < -0.4 is 5.32 Å². The van der Waals surface area contributed by atoms with Gasteiger partial charge in [0, 0.05) is 27.4 Å². The zero-order chi connectivity index (χ0) is 18.4. The molecule has 0 aliphatic heterocycles. The van der Waals surface area contributed by atoms with Gasteiger partial charge in [-0.1, -0.05) is 59.6 Å². The van der Waals surface area contributed by atoms with E-state index in [4.69, 9.17) is 23.2 Å². The van der Waals surface area contributed by atoms with Crippen molar-refractivity contribution in [3.63, 3.8) is 0 Å². The summed E-state index contributed by atoms with van der Waals surface area (Å²) in [6.45, 7) is 0. The Morgan fingerprint density at radius 1 is 1.12 bits per heavy atom. The van der Waals surface area contributed by atoms with Crippen molar-refractivity contribution in [2.45, 2.75) is 11.8 Å². The zero-order valence-electron chi connectivity index (χ0n) is 13.7. The number of halogens is 2. The molecule has 3 rings (SSSR count). The van der Waals surface area contributed by atoms with Crippen LogP contribution in [0.5, 0.6) is 0 Å². The number of amides is 1. The Morgan fingerprint density at radius 3 is 2.50 bits per heavy atom. The number of aromatic nitrogens is 1. The Bertz CT molecular complexity index is 837. The average molecular weight is 423 g/mol. The summed E-state index contributed by atoms with van der Waals surface area (Å²) in [6, 6.07) is 15.0. The zero-order valence-corrected chi connectivity index (χ0v) is 16.8. The average Bonchev–Trinajstić information content (AvgIpc) is 3.17. The molecule has 26 heavy (non-hydrogen) atoms. The second-order valence-corrected chi connectivity index (χ2v) is 8.20. The Hall–Kier alpha value is -1.53. The standard InChI is InChI=1S/C19H16Cl2N2OS2/c20-15-7-4-8-16(21)14(15)11-25-12-17(24)23-18(19-22-9-10-26-19)13-5-2-1-3-6-13/h1-10,18H,11-12H2,(H,23,24). The minimum Gasteiger partial charge on any atom is -0.342 e. The third-order valence-electron chi connectivity index (χ3n) is 3.68. The lowest BCUT2D eigenvalue weighted by Gasteiger charge is -2.17. The molecule has 1 heterocycles. The van der Waals surface area contributed by atoms with E-state index in [2.05, 4.69) is 10.3 Å². The van der Waals surface area contributed by atoms with Gasteiger partial charge in [-0.3, -0.25) is 4.79 Å². The molecule has 0 saturated heterocycles. The summed E-state index contributed by atoms with van der Waals surface area (Å²) in [5, 5.41) is 7.09. The SMILES string of the molecule is O=C(CSCc1c(Cl)cccc1Cl)NC(c1ccccc1)c1nccs1. The van der Waals surface area contributed by atoms with Gasteiger partial charge in [0.1, 0.15) is 11.0 Å². The smallest absolute Gasteiger partial charge is 0.230 e. The summed E-state index contributed by atoms with van der Waals surface area (Å²) in [7, 11) is 0. The Kier molecular flexibility index (Phi) is 6.97. The molecule has 0 bridgehead atoms. The molecule has 0 fully saturated rings. The molecule has 3 nitrogen and oxygen atoms in total. The van der Waals surface area contributed by atoms with E-state index in [0.717, 1.165) is 16.1 Å². The molecule has 1 N–H and O–H groups in total. The predicted molar refractivity (Wildman–Crippen MR) is 111 cm³/mol. The minimum absolute atomic E-state index is 0.0535. The number of benzene rings is 2. The summed E-state index contributed by atoms with van der Waals surface area (Å²) in [6.07, 6.45) is 1.75. The van der Waals surface area contributed by atoms with E-state index in [0.29, 0.717) is 21.6 Å². The van der Waals surface area contributed by atoms with Gasteiger partial charge in [0.25, 0.3) is 0 Å². The first kappa shape index (κ1) is 19.2. The second-order valence-electron chi connectivity index (χ2n) is 5.47. The van der Waals surface area contributed by atoms with Gasteiger partial charge in [0.05, 0.1) is 5.75 Å². The number of carbonyl (C=O) groups is 1. The van der Waals surface area contributed by atoms with E-state index in [1.807, 2.05) is 41.8 Å². The van der Waals surface area contributed by atoms with Gasteiger partial charge in [-0.15, -0.1) is 23.1 Å². The monoisotopic (exact) mass is 422 g/mol. The molecular weight excluding hydrogens is 407 g/mol. The first-order valence-corrected chi connectivity index (χ1v) is 10.7. The van der Waals surface area contributed by atoms with Crippen molar-refractivity contribution in [3.8, 4) is 0 Å². The summed E-state index contributed by atoms with van der Waals surface area (Å²) in [5.41, 5.74) is 1.86. The van der Waals surface area contributed by atoms with Crippen LogP contribution in [0, 0.1) is 0 Å². The molecule has 1 aromatic heterocycles. The van der Waals surface area contributed by atoms with Crippen LogP contribution in [0.2, 0.25) is 10.0 Å². The molecule has 2 aromatic carbocycles. The van der Waals surface area contributed by atoms with Gasteiger partial charge in [-0.05, 0) is 23.3 Å². The highest BCUT2D eigenvalue weighted by Crippen LogP contribution is 2.28. The molecule has 1 amide bonds. The largest absolute Gasteiger partial charge is 0.342 e. The number of thioether (sulfide) groups is 1. The Balaban J connectivity index is 1.62. The van der Waals surface area contributed by atoms with Crippen LogP contribution in [-0.2, 0) is 10.5 Å². The van der Waals surface area contributed by atoms with Gasteiger partial charge in [0.15, 0.2) is 0 Å². The number of nitrogens with zero attached hydrogens (tertiary/aromatic N) is 1. The molecule has 0 aliphatic rings. The molecule has 0 radical (unpaired) electrons. The molecular formula is C19H16Cl2N2OS2. The molecule has 1 unspecified atom stereocenters. The molecule has 3 aromatic rings. The van der Waals surface area contributed by atoms with Crippen LogP contribution in [0.25, 0.3) is 0 Å². The van der Waals surface area contributed by atoms with E-state index in [1.54, 1.807) is 18.3 Å². The predicted octanol–water partition coefficient (Wildman–Crippen LogP) is 5.59. The first-order chi connectivity index (χ1) is 12.6. The third-order valence-corrected chi connectivity index (χ3v) is 6.19. The summed E-state index contributed by atoms with van der Waals surface area (Å²) in [5.74, 6) is 0.845. The van der Waals surface area contributed by atoms with Gasteiger partial charge >= 0.3 is 0 Å². The number of hydrogen-bond donors (Lipinski definition) is 1. The van der Waals surface area contributed by atoms with Crippen LogP contribution >= 0.6 is 46.3 Å². The van der Waals surface area contributed by atoms with Crippen molar-refractivity contribution in [2.24, 2.45) is 0 Å². The van der Waals surface area contributed by atoms with Crippen molar-refractivity contribution >= 4 is 52.2 Å². The van der Waals surface area contributed by atoms with Crippen LogP contribution in [-0.4, -0.2) is 16.6 Å². The fraction of sp³-hybridized carbons (Fsp3) is 0.158. The Morgan fingerprint density at radius 2 is 1.85 bits per heavy atom. The molecule has 7 heteroatoms. The van der Waals surface area contributed by atoms with Crippen LogP contribution in [0.4, 0.5) is 0 Å². The van der Waals surface area contributed by atoms with Crippen molar-refractivity contribution in [3.05, 3.63) is 86.3 Å². The highest BCUT2D eigenvalue weighted by molar-refractivity contribution is 7.99. The first-order valence-electron chi connectivity index (χ1n) is 7.89. The number of thiazole rings is 1. The van der Waals surface area contributed by atoms with Gasteiger partial charge in [-0.25, -0.2) is 4.98 Å². The van der Waals surface area contributed by atoms with E-state index in [-0.39, 0.29) is 11.9 Å². The molecule has 0 saturated carbocycles. The van der Waals surface area contributed by atoms with E-state index in [1.165, 1.54) is 23.1 Å². The normalized spacial score (nSPS) is 11.9. The van der Waals surface area contributed by atoms with E-state index < -0.39 is 0 Å². The molecule has 0 aliphatic carbocycles. The maximum Gasteiger partial charge on any atom is 0.230 e. The Labute approximate surface area is 170 Å². The maximum absolute atomic E-state index is 12.5.